The van der Waals surface area contributed by atoms with Crippen LogP contribution in [0.2, 0.25) is 0 Å². The van der Waals surface area contributed by atoms with E-state index in [1.54, 1.807) is 0 Å². The molecule has 0 unspecified atom stereocenters. The summed E-state index contributed by atoms with van der Waals surface area (Å²) in [4.78, 5) is 0. The van der Waals surface area contributed by atoms with E-state index >= 15 is 0 Å². The molecule has 1 aromatic heterocycles. The number of fused-ring (bicyclic) bond motifs is 6. The first-order valence-corrected chi connectivity index (χ1v) is 15.8. The highest BCUT2D eigenvalue weighted by atomic mass is 16.3. The van der Waals surface area contributed by atoms with Gasteiger partial charge in [0.15, 0.2) is 0 Å². The first-order valence-electron chi connectivity index (χ1n) is 15.8. The Balaban J connectivity index is 1.42. The molecule has 0 saturated carbocycles. The third-order valence-electron chi connectivity index (χ3n) is 9.40. The SMILES string of the molecule is C=Cc1c(-c2ccccc2)ccc(-c2c(C=C)c(C=C)c(-c3ccc4oc5c6ccccc6ccc5c4c3)c3ccccc23)c1C=C. The van der Waals surface area contributed by atoms with E-state index in [4.69, 9.17) is 4.42 Å². The first kappa shape index (κ1) is 28.3. The standard InChI is InChI=1S/C46H32O/c1-5-32-33(6-2)40(26-25-36(32)29-16-10-9-11-17-29)45-35(8-4)34(7-3)44(38-20-14-15-21-39(38)45)31-23-27-43-42(28-31)41-24-22-30-18-12-13-19-37(30)46(41)47-43/h5-28H,1-4H2. The van der Waals surface area contributed by atoms with Crippen LogP contribution in [-0.4, -0.2) is 0 Å². The monoisotopic (exact) mass is 600 g/mol. The Morgan fingerprint density at radius 3 is 1.72 bits per heavy atom. The molecule has 0 aliphatic rings. The van der Waals surface area contributed by atoms with Gasteiger partial charge in [0.05, 0.1) is 0 Å². The Hall–Kier alpha value is -6.18. The summed E-state index contributed by atoms with van der Waals surface area (Å²) in [6, 6.07) is 42.7. The molecule has 222 valence electrons. The molecule has 0 aliphatic heterocycles. The number of rotatable bonds is 7. The van der Waals surface area contributed by atoms with Crippen LogP contribution in [0, 0.1) is 0 Å². The van der Waals surface area contributed by atoms with Crippen LogP contribution in [0.15, 0.2) is 152 Å². The molecule has 0 aliphatic carbocycles. The van der Waals surface area contributed by atoms with Crippen molar-refractivity contribution in [2.75, 3.05) is 0 Å². The maximum atomic E-state index is 6.46. The molecule has 0 radical (unpaired) electrons. The number of benzene rings is 7. The van der Waals surface area contributed by atoms with Gasteiger partial charge in [-0.05, 0) is 90.0 Å². The summed E-state index contributed by atoms with van der Waals surface area (Å²) in [7, 11) is 0. The van der Waals surface area contributed by atoms with Crippen molar-refractivity contribution >= 4 is 67.8 Å². The molecular formula is C46H32O. The largest absolute Gasteiger partial charge is 0.455 e. The summed E-state index contributed by atoms with van der Waals surface area (Å²) < 4.78 is 6.46. The summed E-state index contributed by atoms with van der Waals surface area (Å²) in [5.41, 5.74) is 12.6. The zero-order valence-corrected chi connectivity index (χ0v) is 26.1. The molecule has 1 heterocycles. The van der Waals surface area contributed by atoms with E-state index in [9.17, 15) is 0 Å². The van der Waals surface area contributed by atoms with Gasteiger partial charge >= 0.3 is 0 Å². The lowest BCUT2D eigenvalue weighted by atomic mass is 9.80. The molecule has 0 saturated heterocycles. The minimum atomic E-state index is 0.871. The van der Waals surface area contributed by atoms with Crippen LogP contribution >= 0.6 is 0 Å². The fraction of sp³-hybridized carbons (Fsp3) is 0. The fourth-order valence-electron chi connectivity index (χ4n) is 7.33. The molecular weight excluding hydrogens is 569 g/mol. The van der Waals surface area contributed by atoms with Crippen molar-refractivity contribution in [1.82, 2.24) is 0 Å². The van der Waals surface area contributed by atoms with Crippen LogP contribution in [0.1, 0.15) is 22.3 Å². The molecule has 47 heavy (non-hydrogen) atoms. The summed E-state index contributed by atoms with van der Waals surface area (Å²) in [6.45, 7) is 17.2. The van der Waals surface area contributed by atoms with Crippen molar-refractivity contribution in [3.05, 3.63) is 170 Å². The van der Waals surface area contributed by atoms with Gasteiger partial charge < -0.3 is 4.42 Å². The van der Waals surface area contributed by atoms with Gasteiger partial charge in [0.2, 0.25) is 0 Å². The van der Waals surface area contributed by atoms with E-state index in [1.165, 1.54) is 5.39 Å². The van der Waals surface area contributed by atoms with Gasteiger partial charge in [0.1, 0.15) is 11.2 Å². The molecule has 0 atom stereocenters. The molecule has 1 heteroatoms. The highest BCUT2D eigenvalue weighted by Crippen LogP contribution is 2.47. The topological polar surface area (TPSA) is 13.1 Å². The average Bonchev–Trinajstić information content (AvgIpc) is 3.52. The quantitative estimate of drug-likeness (QED) is 0.177. The highest BCUT2D eigenvalue weighted by molar-refractivity contribution is 6.17. The van der Waals surface area contributed by atoms with Crippen LogP contribution in [-0.2, 0) is 0 Å². The lowest BCUT2D eigenvalue weighted by Gasteiger charge is -2.22. The third kappa shape index (κ3) is 4.32. The molecule has 1 nitrogen and oxygen atoms in total. The number of furan rings is 1. The minimum absolute atomic E-state index is 0.871. The number of hydrogen-bond acceptors (Lipinski definition) is 1. The van der Waals surface area contributed by atoms with Gasteiger partial charge in [-0.15, -0.1) is 0 Å². The second kappa shape index (κ2) is 11.3. The second-order valence-corrected chi connectivity index (χ2v) is 11.8. The summed E-state index contributed by atoms with van der Waals surface area (Å²) >= 11 is 0. The van der Waals surface area contributed by atoms with E-state index < -0.39 is 0 Å². The Morgan fingerprint density at radius 1 is 0.404 bits per heavy atom. The molecule has 0 spiro atoms. The normalized spacial score (nSPS) is 11.3. The Morgan fingerprint density at radius 2 is 1.00 bits per heavy atom. The van der Waals surface area contributed by atoms with E-state index in [0.29, 0.717) is 0 Å². The smallest absolute Gasteiger partial charge is 0.143 e. The Labute approximate surface area is 274 Å². The molecule has 7 aromatic carbocycles. The van der Waals surface area contributed by atoms with Crippen molar-refractivity contribution in [2.45, 2.75) is 0 Å². The first-order chi connectivity index (χ1) is 23.2. The molecule has 8 aromatic rings. The zero-order valence-electron chi connectivity index (χ0n) is 26.1. The van der Waals surface area contributed by atoms with E-state index in [2.05, 4.69) is 142 Å². The lowest BCUT2D eigenvalue weighted by Crippen LogP contribution is -1.99. The van der Waals surface area contributed by atoms with Crippen molar-refractivity contribution in [1.29, 1.82) is 0 Å². The summed E-state index contributed by atoms with van der Waals surface area (Å²) in [5, 5.41) is 6.76. The van der Waals surface area contributed by atoms with Crippen LogP contribution in [0.4, 0.5) is 0 Å². The van der Waals surface area contributed by atoms with E-state index in [1.807, 2.05) is 30.4 Å². The molecule has 0 N–H and O–H groups in total. The van der Waals surface area contributed by atoms with E-state index in [0.717, 1.165) is 93.7 Å². The van der Waals surface area contributed by atoms with Crippen LogP contribution in [0.25, 0.3) is 101 Å². The lowest BCUT2D eigenvalue weighted by molar-refractivity contribution is 0.672. The van der Waals surface area contributed by atoms with Gasteiger partial charge in [0, 0.05) is 16.2 Å². The minimum Gasteiger partial charge on any atom is -0.455 e. The fourth-order valence-corrected chi connectivity index (χ4v) is 7.33. The van der Waals surface area contributed by atoms with Crippen molar-refractivity contribution < 1.29 is 4.42 Å². The van der Waals surface area contributed by atoms with Gasteiger partial charge in [-0.2, -0.15) is 0 Å². The zero-order chi connectivity index (χ0) is 32.1. The predicted molar refractivity (Wildman–Crippen MR) is 205 cm³/mol. The van der Waals surface area contributed by atoms with Crippen molar-refractivity contribution in [2.24, 2.45) is 0 Å². The molecule has 0 amide bonds. The molecule has 8 rings (SSSR count). The Bertz CT molecular complexity index is 2580. The summed E-state index contributed by atoms with van der Waals surface area (Å²) in [5.74, 6) is 0. The highest BCUT2D eigenvalue weighted by Gasteiger charge is 2.22. The average molecular weight is 601 g/mol. The van der Waals surface area contributed by atoms with Crippen LogP contribution in [0.5, 0.6) is 0 Å². The third-order valence-corrected chi connectivity index (χ3v) is 9.40. The maximum absolute atomic E-state index is 6.46. The van der Waals surface area contributed by atoms with Crippen molar-refractivity contribution in [3.63, 3.8) is 0 Å². The van der Waals surface area contributed by atoms with Crippen LogP contribution in [0.3, 0.4) is 0 Å². The van der Waals surface area contributed by atoms with Gasteiger partial charge in [-0.25, -0.2) is 0 Å². The number of hydrogen-bond donors (Lipinski definition) is 0. The maximum Gasteiger partial charge on any atom is 0.143 e. The Kier molecular flexibility index (Phi) is 6.82. The van der Waals surface area contributed by atoms with Gasteiger partial charge in [-0.3, -0.25) is 0 Å². The van der Waals surface area contributed by atoms with Gasteiger partial charge in [-0.1, -0.05) is 154 Å². The predicted octanol–water partition coefficient (Wildman–Crippen LogP) is 13.5. The molecule has 0 fully saturated rings. The molecule has 0 bridgehead atoms. The summed E-state index contributed by atoms with van der Waals surface area (Å²) in [6.07, 6.45) is 7.82. The van der Waals surface area contributed by atoms with Gasteiger partial charge in [0.25, 0.3) is 0 Å². The van der Waals surface area contributed by atoms with E-state index in [-0.39, 0.29) is 0 Å². The van der Waals surface area contributed by atoms with Crippen molar-refractivity contribution in [3.8, 4) is 33.4 Å². The second-order valence-electron chi connectivity index (χ2n) is 11.8. The van der Waals surface area contributed by atoms with Crippen LogP contribution < -0.4 is 0 Å².